The number of nitrogens with two attached hydrogens (primary N) is 1. The molecule has 1 heterocycles. The minimum Gasteiger partial charge on any atom is -0.388 e. The number of rotatable bonds is 1. The standard InChI is InChI=1S/C6H5ClN2S/c7-5-3-1-2-4(9-5)6(8)10/h1-3H,(H2,8,10). The van der Waals surface area contributed by atoms with Crippen LogP contribution in [0.25, 0.3) is 0 Å². The Balaban J connectivity index is 3.07. The summed E-state index contributed by atoms with van der Waals surface area (Å²) in [5.74, 6) is 0. The Kier molecular flexibility index (Phi) is 2.19. The van der Waals surface area contributed by atoms with Crippen LogP contribution in [-0.2, 0) is 0 Å². The molecule has 10 heavy (non-hydrogen) atoms. The van der Waals surface area contributed by atoms with E-state index in [1.54, 1.807) is 18.2 Å². The zero-order valence-electron chi connectivity index (χ0n) is 5.04. The van der Waals surface area contributed by atoms with Gasteiger partial charge in [-0.15, -0.1) is 0 Å². The maximum atomic E-state index is 5.56. The highest BCUT2D eigenvalue weighted by Crippen LogP contribution is 2.04. The fourth-order valence-electron chi connectivity index (χ4n) is 0.545. The Morgan fingerprint density at radius 1 is 1.60 bits per heavy atom. The fourth-order valence-corrected chi connectivity index (χ4v) is 0.823. The molecule has 52 valence electrons. The first-order chi connectivity index (χ1) is 4.70. The van der Waals surface area contributed by atoms with Crippen LogP contribution in [0.1, 0.15) is 5.69 Å². The number of aromatic nitrogens is 1. The summed E-state index contributed by atoms with van der Waals surface area (Å²) >= 11 is 10.2. The zero-order valence-corrected chi connectivity index (χ0v) is 6.62. The van der Waals surface area contributed by atoms with Crippen LogP contribution in [-0.4, -0.2) is 9.97 Å². The van der Waals surface area contributed by atoms with Crippen LogP contribution >= 0.6 is 23.8 Å². The number of halogens is 1. The molecule has 1 aromatic rings. The van der Waals surface area contributed by atoms with E-state index in [4.69, 9.17) is 17.3 Å². The van der Waals surface area contributed by atoms with Crippen LogP contribution in [0.3, 0.4) is 0 Å². The van der Waals surface area contributed by atoms with Crippen molar-refractivity contribution in [2.75, 3.05) is 0 Å². The third-order valence-corrected chi connectivity index (χ3v) is 1.39. The van der Waals surface area contributed by atoms with Crippen molar-refractivity contribution in [2.45, 2.75) is 0 Å². The SMILES string of the molecule is NC(=S)c1cccc(Cl)n1. The molecule has 1 aromatic heterocycles. The molecule has 0 saturated carbocycles. The fraction of sp³-hybridized carbons (Fsp3) is 0. The van der Waals surface area contributed by atoms with Gasteiger partial charge in [-0.1, -0.05) is 29.9 Å². The zero-order chi connectivity index (χ0) is 7.56. The lowest BCUT2D eigenvalue weighted by Crippen LogP contribution is -2.10. The van der Waals surface area contributed by atoms with Gasteiger partial charge in [0, 0.05) is 0 Å². The lowest BCUT2D eigenvalue weighted by molar-refractivity contribution is 1.29. The minimum atomic E-state index is 0.266. The second kappa shape index (κ2) is 2.94. The van der Waals surface area contributed by atoms with Gasteiger partial charge in [0.1, 0.15) is 10.1 Å². The van der Waals surface area contributed by atoms with Crippen molar-refractivity contribution >= 4 is 28.8 Å². The molecular formula is C6H5ClN2S. The van der Waals surface area contributed by atoms with Crippen molar-refractivity contribution in [3.05, 3.63) is 29.0 Å². The van der Waals surface area contributed by atoms with E-state index in [0.29, 0.717) is 10.8 Å². The lowest BCUT2D eigenvalue weighted by atomic mass is 10.3. The Morgan fingerprint density at radius 2 is 2.30 bits per heavy atom. The molecule has 0 aliphatic rings. The molecule has 0 atom stereocenters. The van der Waals surface area contributed by atoms with Crippen LogP contribution < -0.4 is 5.73 Å². The summed E-state index contributed by atoms with van der Waals surface area (Å²) in [5.41, 5.74) is 5.85. The number of hydrogen-bond donors (Lipinski definition) is 1. The van der Waals surface area contributed by atoms with Gasteiger partial charge >= 0.3 is 0 Å². The molecule has 0 radical (unpaired) electrons. The van der Waals surface area contributed by atoms with Gasteiger partial charge in [0.25, 0.3) is 0 Å². The second-order valence-corrected chi connectivity index (χ2v) is 2.54. The van der Waals surface area contributed by atoms with Gasteiger partial charge in [0.15, 0.2) is 0 Å². The molecule has 0 unspecified atom stereocenters. The third-order valence-electron chi connectivity index (χ3n) is 0.968. The van der Waals surface area contributed by atoms with E-state index in [9.17, 15) is 0 Å². The summed E-state index contributed by atoms with van der Waals surface area (Å²) in [6, 6.07) is 5.14. The molecule has 2 nitrogen and oxygen atoms in total. The largest absolute Gasteiger partial charge is 0.388 e. The Morgan fingerprint density at radius 3 is 2.70 bits per heavy atom. The molecule has 0 aliphatic carbocycles. The highest BCUT2D eigenvalue weighted by molar-refractivity contribution is 7.80. The summed E-state index contributed by atoms with van der Waals surface area (Å²) in [7, 11) is 0. The predicted octanol–water partition coefficient (Wildman–Crippen LogP) is 1.37. The summed E-state index contributed by atoms with van der Waals surface area (Å²) < 4.78 is 0. The highest BCUT2D eigenvalue weighted by atomic mass is 35.5. The summed E-state index contributed by atoms with van der Waals surface area (Å²) in [5, 5.41) is 0.408. The molecule has 0 aliphatic heterocycles. The Labute approximate surface area is 69.0 Å². The summed E-state index contributed by atoms with van der Waals surface area (Å²) in [6.07, 6.45) is 0. The van der Waals surface area contributed by atoms with Crippen LogP contribution in [0.2, 0.25) is 5.15 Å². The number of nitrogens with zero attached hydrogens (tertiary/aromatic N) is 1. The molecule has 0 aromatic carbocycles. The van der Waals surface area contributed by atoms with Gasteiger partial charge < -0.3 is 5.73 Å². The first-order valence-corrected chi connectivity index (χ1v) is 3.41. The van der Waals surface area contributed by atoms with Crippen LogP contribution in [0, 0.1) is 0 Å². The lowest BCUT2D eigenvalue weighted by Gasteiger charge is -1.94. The molecule has 0 spiro atoms. The van der Waals surface area contributed by atoms with Crippen molar-refractivity contribution in [3.8, 4) is 0 Å². The molecule has 0 bridgehead atoms. The van der Waals surface area contributed by atoms with Gasteiger partial charge in [-0.25, -0.2) is 4.98 Å². The van der Waals surface area contributed by atoms with Crippen molar-refractivity contribution in [1.29, 1.82) is 0 Å². The smallest absolute Gasteiger partial charge is 0.129 e. The Hall–Kier alpha value is -0.670. The first kappa shape index (κ1) is 7.44. The number of thiocarbonyl (C=S) groups is 1. The molecule has 4 heteroatoms. The molecular weight excluding hydrogens is 168 g/mol. The van der Waals surface area contributed by atoms with E-state index in [1.165, 1.54) is 0 Å². The minimum absolute atomic E-state index is 0.266. The van der Waals surface area contributed by atoms with Gasteiger partial charge in [-0.05, 0) is 12.1 Å². The maximum Gasteiger partial charge on any atom is 0.129 e. The van der Waals surface area contributed by atoms with Gasteiger partial charge in [0.2, 0.25) is 0 Å². The average molecular weight is 173 g/mol. The van der Waals surface area contributed by atoms with E-state index < -0.39 is 0 Å². The van der Waals surface area contributed by atoms with Crippen molar-refractivity contribution in [3.63, 3.8) is 0 Å². The Bertz CT molecular complexity index is 262. The molecule has 0 amide bonds. The van der Waals surface area contributed by atoms with Crippen LogP contribution in [0.4, 0.5) is 0 Å². The third kappa shape index (κ3) is 1.65. The van der Waals surface area contributed by atoms with Crippen LogP contribution in [0.15, 0.2) is 18.2 Å². The first-order valence-electron chi connectivity index (χ1n) is 2.62. The average Bonchev–Trinajstić information content (AvgIpc) is 1.88. The maximum absolute atomic E-state index is 5.56. The van der Waals surface area contributed by atoms with E-state index >= 15 is 0 Å². The van der Waals surface area contributed by atoms with Crippen molar-refractivity contribution in [2.24, 2.45) is 5.73 Å². The number of pyridine rings is 1. The van der Waals surface area contributed by atoms with Gasteiger partial charge in [-0.2, -0.15) is 0 Å². The van der Waals surface area contributed by atoms with E-state index in [0.717, 1.165) is 0 Å². The molecule has 0 saturated heterocycles. The van der Waals surface area contributed by atoms with Crippen molar-refractivity contribution < 1.29 is 0 Å². The van der Waals surface area contributed by atoms with Gasteiger partial charge in [0.05, 0.1) is 5.69 Å². The summed E-state index contributed by atoms with van der Waals surface area (Å²) in [4.78, 5) is 4.14. The van der Waals surface area contributed by atoms with E-state index in [-0.39, 0.29) is 4.99 Å². The summed E-state index contributed by atoms with van der Waals surface area (Å²) in [6.45, 7) is 0. The normalized spacial score (nSPS) is 9.30. The highest BCUT2D eigenvalue weighted by Gasteiger charge is 1.96. The van der Waals surface area contributed by atoms with Crippen molar-refractivity contribution in [1.82, 2.24) is 4.98 Å². The predicted molar refractivity (Wildman–Crippen MR) is 45.1 cm³/mol. The van der Waals surface area contributed by atoms with Crippen LogP contribution in [0.5, 0.6) is 0 Å². The van der Waals surface area contributed by atoms with Gasteiger partial charge in [-0.3, -0.25) is 0 Å². The molecule has 0 fully saturated rings. The van der Waals surface area contributed by atoms with E-state index in [2.05, 4.69) is 17.2 Å². The monoisotopic (exact) mass is 172 g/mol. The quantitative estimate of drug-likeness (QED) is 0.514. The topological polar surface area (TPSA) is 38.9 Å². The second-order valence-electron chi connectivity index (χ2n) is 1.71. The number of hydrogen-bond acceptors (Lipinski definition) is 2. The molecule has 2 N–H and O–H groups in total. The molecule has 1 rings (SSSR count). The van der Waals surface area contributed by atoms with E-state index in [1.807, 2.05) is 0 Å².